The predicted molar refractivity (Wildman–Crippen MR) is 192 cm³/mol. The van der Waals surface area contributed by atoms with E-state index in [1.54, 1.807) is 22.9 Å². The molecule has 48 heavy (non-hydrogen) atoms. The molecule has 9 nitrogen and oxygen atoms in total. The topological polar surface area (TPSA) is 95.4 Å². The second-order valence-corrected chi connectivity index (χ2v) is 13.9. The lowest BCUT2D eigenvalue weighted by atomic mass is 9.90. The van der Waals surface area contributed by atoms with Gasteiger partial charge in [0.2, 0.25) is 11.9 Å². The zero-order valence-electron chi connectivity index (χ0n) is 28.6. The second-order valence-electron chi connectivity index (χ2n) is 13.5. The van der Waals surface area contributed by atoms with Gasteiger partial charge in [-0.05, 0) is 95.8 Å². The van der Waals surface area contributed by atoms with Crippen LogP contribution in [0.3, 0.4) is 0 Å². The van der Waals surface area contributed by atoms with Gasteiger partial charge in [0, 0.05) is 72.2 Å². The fourth-order valence-corrected chi connectivity index (χ4v) is 7.59. The number of carbonyl (C=O) groups is 1. The van der Waals surface area contributed by atoms with Crippen LogP contribution >= 0.6 is 11.6 Å². The molecule has 2 N–H and O–H groups in total. The Morgan fingerprint density at radius 1 is 1.06 bits per heavy atom. The van der Waals surface area contributed by atoms with Crippen molar-refractivity contribution in [3.8, 4) is 11.1 Å². The quantitative estimate of drug-likeness (QED) is 0.215. The van der Waals surface area contributed by atoms with Crippen LogP contribution in [0.2, 0.25) is 5.02 Å². The lowest BCUT2D eigenvalue weighted by Gasteiger charge is -2.44. The van der Waals surface area contributed by atoms with Crippen LogP contribution in [0.4, 0.5) is 21.7 Å². The van der Waals surface area contributed by atoms with Crippen molar-refractivity contribution in [2.45, 2.75) is 90.9 Å². The minimum absolute atomic E-state index is 0.0267. The third kappa shape index (κ3) is 6.52. The van der Waals surface area contributed by atoms with Crippen molar-refractivity contribution in [2.24, 2.45) is 0 Å². The fraction of sp³-hybridized carbons (Fsp3) is 0.459. The van der Waals surface area contributed by atoms with Crippen LogP contribution in [0.25, 0.3) is 22.2 Å². The van der Waals surface area contributed by atoms with Crippen LogP contribution < -0.4 is 21.1 Å². The number of benzene rings is 2. The Hall–Kier alpha value is -4.02. The van der Waals surface area contributed by atoms with Crippen molar-refractivity contribution in [1.82, 2.24) is 24.8 Å². The van der Waals surface area contributed by atoms with Gasteiger partial charge in [0.15, 0.2) is 0 Å². The van der Waals surface area contributed by atoms with Crippen LogP contribution in [0, 0.1) is 19.7 Å². The number of aromatic nitrogens is 3. The van der Waals surface area contributed by atoms with Crippen LogP contribution in [-0.4, -0.2) is 63.6 Å². The van der Waals surface area contributed by atoms with Gasteiger partial charge in [-0.15, -0.1) is 0 Å². The molecule has 0 spiro atoms. The zero-order chi connectivity index (χ0) is 34.3. The molecule has 1 saturated carbocycles. The average Bonchev–Trinajstić information content (AvgIpc) is 3.06. The molecule has 0 bridgehead atoms. The highest BCUT2D eigenvalue weighted by Gasteiger charge is 2.30. The van der Waals surface area contributed by atoms with Gasteiger partial charge in [-0.25, -0.2) is 9.37 Å². The number of likely N-dealkylation sites (N-methyl/N-ethyl adjacent to an activating group) is 1. The Morgan fingerprint density at radius 2 is 1.77 bits per heavy atom. The van der Waals surface area contributed by atoms with E-state index >= 15 is 0 Å². The van der Waals surface area contributed by atoms with Crippen molar-refractivity contribution < 1.29 is 9.18 Å². The molecule has 2 fully saturated rings. The smallest absolute Gasteiger partial charge is 0.260 e. The molecule has 0 radical (unpaired) electrons. The number of carbonyl (C=O) groups excluding carboxylic acids is 1. The van der Waals surface area contributed by atoms with E-state index in [-0.39, 0.29) is 28.6 Å². The highest BCUT2D eigenvalue weighted by molar-refractivity contribution is 6.33. The average molecular weight is 674 g/mol. The van der Waals surface area contributed by atoms with Crippen molar-refractivity contribution in [3.63, 3.8) is 0 Å². The molecule has 1 amide bonds. The summed E-state index contributed by atoms with van der Waals surface area (Å²) in [6.07, 6.45) is 5.00. The SMILES string of the molecule is CCC(=O)N[C@H]1CC[C@@H](n2c(=O)c(-c3cccc(F)c3Cl)c(C)c3cnc(Nc4ccc(N5C[C@@H](C)N(C)[C@@H](C)C5)c(C)c4)nc32)CC1. The van der Waals surface area contributed by atoms with Gasteiger partial charge < -0.3 is 15.5 Å². The van der Waals surface area contributed by atoms with Crippen molar-refractivity contribution in [2.75, 3.05) is 30.4 Å². The Bertz CT molecular complexity index is 1890. The number of pyridine rings is 1. The van der Waals surface area contributed by atoms with Crippen LogP contribution in [-0.2, 0) is 4.79 Å². The number of amides is 1. The first kappa shape index (κ1) is 33.9. The fourth-order valence-electron chi connectivity index (χ4n) is 7.37. The summed E-state index contributed by atoms with van der Waals surface area (Å²) in [7, 11) is 2.19. The summed E-state index contributed by atoms with van der Waals surface area (Å²) in [4.78, 5) is 41.0. The second kappa shape index (κ2) is 13.8. The molecule has 2 aromatic heterocycles. The summed E-state index contributed by atoms with van der Waals surface area (Å²) in [5, 5.41) is 7.08. The Kier molecular flexibility index (Phi) is 9.76. The monoisotopic (exact) mass is 673 g/mol. The number of hydrogen-bond donors (Lipinski definition) is 2. The maximum Gasteiger partial charge on any atom is 0.260 e. The largest absolute Gasteiger partial charge is 0.368 e. The van der Waals surface area contributed by atoms with Gasteiger partial charge in [0.1, 0.15) is 11.5 Å². The zero-order valence-corrected chi connectivity index (χ0v) is 29.4. The Labute approximate surface area is 286 Å². The molecule has 1 saturated heterocycles. The molecule has 2 aromatic carbocycles. The maximum atomic E-state index is 14.6. The summed E-state index contributed by atoms with van der Waals surface area (Å²) in [6, 6.07) is 11.6. The minimum Gasteiger partial charge on any atom is -0.368 e. The molecule has 2 atom stereocenters. The van der Waals surface area contributed by atoms with E-state index < -0.39 is 5.82 Å². The number of halogens is 2. The van der Waals surface area contributed by atoms with Crippen LogP contribution in [0.5, 0.6) is 0 Å². The first-order chi connectivity index (χ1) is 23.0. The number of hydrogen-bond acceptors (Lipinski definition) is 7. The first-order valence-electron chi connectivity index (χ1n) is 17.0. The number of piperazine rings is 1. The molecule has 11 heteroatoms. The van der Waals surface area contributed by atoms with Gasteiger partial charge in [-0.1, -0.05) is 30.7 Å². The molecule has 4 aromatic rings. The molecule has 3 heterocycles. The standard InChI is InChI=1S/C37H45ClFN7O2/c1-7-32(47)41-25-11-14-27(15-12-25)46-35-29(24(5)33(36(46)48)28-9-8-10-30(39)34(28)38)18-40-37(43-35)42-26-13-16-31(21(2)17-26)45-19-22(3)44(6)23(4)20-45/h8-10,13,16-18,22-23,25,27H,7,11-12,14-15,19-20H2,1-6H3,(H,41,47)(H,40,42,43)/t22-,23+,25-,27+. The van der Waals surface area contributed by atoms with Gasteiger partial charge in [-0.2, -0.15) is 4.98 Å². The van der Waals surface area contributed by atoms with E-state index in [4.69, 9.17) is 16.6 Å². The van der Waals surface area contributed by atoms with E-state index in [9.17, 15) is 14.0 Å². The first-order valence-corrected chi connectivity index (χ1v) is 17.3. The molecule has 0 unspecified atom stereocenters. The van der Waals surface area contributed by atoms with Crippen molar-refractivity contribution >= 4 is 45.9 Å². The third-order valence-electron chi connectivity index (χ3n) is 10.3. The minimum atomic E-state index is -0.583. The molecule has 1 aliphatic heterocycles. The van der Waals surface area contributed by atoms with E-state index in [1.807, 2.05) is 19.9 Å². The van der Waals surface area contributed by atoms with Gasteiger partial charge in [0.25, 0.3) is 5.56 Å². The number of aryl methyl sites for hydroxylation is 2. The number of rotatable bonds is 7. The number of fused-ring (bicyclic) bond motifs is 1. The summed E-state index contributed by atoms with van der Waals surface area (Å²) >= 11 is 6.44. The van der Waals surface area contributed by atoms with Gasteiger partial charge in [-0.3, -0.25) is 19.1 Å². The molecule has 1 aliphatic carbocycles. The van der Waals surface area contributed by atoms with Crippen molar-refractivity contribution in [3.05, 3.63) is 74.9 Å². The summed E-state index contributed by atoms with van der Waals surface area (Å²) in [5.41, 5.74) is 4.80. The van der Waals surface area contributed by atoms with Crippen LogP contribution in [0.1, 0.15) is 70.0 Å². The van der Waals surface area contributed by atoms with E-state index in [0.717, 1.165) is 37.2 Å². The summed E-state index contributed by atoms with van der Waals surface area (Å²) in [5.74, 6) is -0.177. The third-order valence-corrected chi connectivity index (χ3v) is 10.7. The number of nitrogens with one attached hydrogen (secondary N) is 2. The summed E-state index contributed by atoms with van der Waals surface area (Å²) in [6.45, 7) is 12.3. The molecule has 6 rings (SSSR count). The normalized spacial score (nSPS) is 21.8. The lowest BCUT2D eigenvalue weighted by molar-refractivity contribution is -0.121. The van der Waals surface area contributed by atoms with Crippen molar-refractivity contribution in [1.29, 1.82) is 0 Å². The van der Waals surface area contributed by atoms with E-state index in [1.165, 1.54) is 11.8 Å². The highest BCUT2D eigenvalue weighted by atomic mass is 35.5. The summed E-state index contributed by atoms with van der Waals surface area (Å²) < 4.78 is 16.4. The highest BCUT2D eigenvalue weighted by Crippen LogP contribution is 2.36. The molecular weight excluding hydrogens is 629 g/mol. The number of nitrogens with zero attached hydrogens (tertiary/aromatic N) is 5. The molecule has 2 aliphatic rings. The van der Waals surface area contributed by atoms with Crippen LogP contribution in [0.15, 0.2) is 47.4 Å². The predicted octanol–water partition coefficient (Wildman–Crippen LogP) is 7.15. The van der Waals surface area contributed by atoms with E-state index in [0.29, 0.717) is 65.0 Å². The molecule has 254 valence electrons. The maximum absolute atomic E-state index is 14.6. The molecular formula is C37H45ClFN7O2. The number of anilines is 3. The van der Waals surface area contributed by atoms with E-state index in [2.05, 4.69) is 65.4 Å². The van der Waals surface area contributed by atoms with Gasteiger partial charge in [0.05, 0.1) is 10.6 Å². The lowest BCUT2D eigenvalue weighted by Crippen LogP contribution is -2.55. The van der Waals surface area contributed by atoms with Gasteiger partial charge >= 0.3 is 0 Å². The Morgan fingerprint density at radius 3 is 2.44 bits per heavy atom. The Balaban J connectivity index is 1.37.